The maximum Gasteiger partial charge on any atom is 0.246 e. The van der Waals surface area contributed by atoms with Gasteiger partial charge in [-0.1, -0.05) is 13.2 Å². The molecule has 6 rings (SSSR count). The molecule has 5 aromatic rings. The molecule has 0 bridgehead atoms. The smallest absolute Gasteiger partial charge is 0.246 e. The molecular weight excluding hydrogens is 558 g/mol. The van der Waals surface area contributed by atoms with Crippen molar-refractivity contribution in [3.63, 3.8) is 0 Å². The SMILES string of the molecule is C=CC(=O)N1CCn2nc(-c3nc(-c4cnc5ccn(C)c5c4)c4sccc4c3C=C(F)/C=C/F)cc2C1.C=COC. The van der Waals surface area contributed by atoms with Crippen LogP contribution in [0.4, 0.5) is 8.78 Å². The van der Waals surface area contributed by atoms with Crippen molar-refractivity contribution >= 4 is 44.4 Å². The van der Waals surface area contributed by atoms with Gasteiger partial charge in [-0.15, -0.1) is 11.3 Å². The number of hydrogen-bond donors (Lipinski definition) is 0. The number of nitrogens with zero attached hydrogens (tertiary/aromatic N) is 6. The minimum Gasteiger partial charge on any atom is -0.505 e. The predicted molar refractivity (Wildman–Crippen MR) is 163 cm³/mol. The summed E-state index contributed by atoms with van der Waals surface area (Å²) < 4.78 is 36.4. The molecule has 0 spiro atoms. The number of aromatic nitrogens is 5. The number of fused-ring (bicyclic) bond motifs is 3. The molecule has 5 aromatic heterocycles. The Morgan fingerprint density at radius 2 is 2.00 bits per heavy atom. The van der Waals surface area contributed by atoms with Crippen LogP contribution in [0.5, 0.6) is 0 Å². The molecule has 0 aromatic carbocycles. The van der Waals surface area contributed by atoms with Crippen LogP contribution in [0.1, 0.15) is 11.3 Å². The van der Waals surface area contributed by atoms with Crippen LogP contribution in [0.3, 0.4) is 0 Å². The Hall–Kier alpha value is -4.90. The summed E-state index contributed by atoms with van der Waals surface area (Å²) in [6.45, 7) is 8.23. The van der Waals surface area contributed by atoms with Crippen LogP contribution >= 0.6 is 11.3 Å². The van der Waals surface area contributed by atoms with Crippen LogP contribution < -0.4 is 0 Å². The van der Waals surface area contributed by atoms with E-state index in [0.29, 0.717) is 42.3 Å². The first-order chi connectivity index (χ1) is 20.4. The molecule has 1 aliphatic rings. The molecule has 0 aliphatic carbocycles. The third-order valence-electron chi connectivity index (χ3n) is 6.85. The van der Waals surface area contributed by atoms with E-state index in [2.05, 4.69) is 22.9 Å². The van der Waals surface area contributed by atoms with E-state index in [0.717, 1.165) is 38.5 Å². The Morgan fingerprint density at radius 1 is 1.19 bits per heavy atom. The molecule has 11 heteroatoms. The Morgan fingerprint density at radius 3 is 2.74 bits per heavy atom. The maximum atomic E-state index is 14.6. The summed E-state index contributed by atoms with van der Waals surface area (Å²) in [5.74, 6) is -0.888. The second-order valence-corrected chi connectivity index (χ2v) is 10.3. The number of amides is 1. The van der Waals surface area contributed by atoms with E-state index in [-0.39, 0.29) is 12.2 Å². The van der Waals surface area contributed by atoms with Gasteiger partial charge in [-0.2, -0.15) is 5.10 Å². The second kappa shape index (κ2) is 12.3. The number of halogens is 2. The van der Waals surface area contributed by atoms with Crippen LogP contribution in [0.15, 0.2) is 85.8 Å². The quantitative estimate of drug-likeness (QED) is 0.124. The van der Waals surface area contributed by atoms with Gasteiger partial charge >= 0.3 is 0 Å². The normalized spacial score (nSPS) is 13.2. The standard InChI is InChI=1S/C28H22F2N6OS.C3H6O/c1-3-25(37)35-9-10-36-19(16-35)14-23(33-36)27-21(13-18(30)4-7-29)20-6-11-38-28(20)26(32-27)17-12-24-22(31-15-17)5-8-34(24)2;1-3-4-2/h3-8,11-15H,1,9-10,16H2,2H3;3H,1H2,2H3/b7-4+,18-13?;. The molecule has 0 atom stereocenters. The summed E-state index contributed by atoms with van der Waals surface area (Å²) in [6, 6.07) is 7.75. The number of aryl methyl sites for hydroxylation is 1. The summed E-state index contributed by atoms with van der Waals surface area (Å²) in [4.78, 5) is 23.5. The highest BCUT2D eigenvalue weighted by atomic mass is 32.1. The Kier molecular flexibility index (Phi) is 8.39. The van der Waals surface area contributed by atoms with E-state index >= 15 is 0 Å². The van der Waals surface area contributed by atoms with E-state index in [1.807, 2.05) is 52.1 Å². The highest BCUT2D eigenvalue weighted by molar-refractivity contribution is 7.17. The molecule has 8 nitrogen and oxygen atoms in total. The maximum absolute atomic E-state index is 14.6. The lowest BCUT2D eigenvalue weighted by Gasteiger charge is -2.26. The number of pyridine rings is 2. The molecule has 42 heavy (non-hydrogen) atoms. The predicted octanol–water partition coefficient (Wildman–Crippen LogP) is 6.81. The summed E-state index contributed by atoms with van der Waals surface area (Å²) in [7, 11) is 3.52. The van der Waals surface area contributed by atoms with Crippen molar-refractivity contribution in [2.75, 3.05) is 13.7 Å². The summed E-state index contributed by atoms with van der Waals surface area (Å²) in [5, 5.41) is 7.47. The Bertz CT molecular complexity index is 1870. The summed E-state index contributed by atoms with van der Waals surface area (Å²) in [6.07, 6.45) is 8.62. The van der Waals surface area contributed by atoms with Gasteiger partial charge in [-0.25, -0.2) is 13.8 Å². The number of ether oxygens (including phenoxy) is 1. The largest absolute Gasteiger partial charge is 0.505 e. The average molecular weight is 587 g/mol. The number of carbonyl (C=O) groups excluding carboxylic acids is 1. The molecule has 0 saturated carbocycles. The Labute approximate surface area is 245 Å². The number of rotatable bonds is 6. The molecule has 0 fully saturated rings. The fourth-order valence-electron chi connectivity index (χ4n) is 4.80. The molecular formula is C31H28F2N6O2S. The molecule has 0 unspecified atom stereocenters. The van der Waals surface area contributed by atoms with Gasteiger partial charge in [0, 0.05) is 48.6 Å². The van der Waals surface area contributed by atoms with Crippen LogP contribution in [0, 0.1) is 0 Å². The molecule has 0 N–H and O–H groups in total. The van der Waals surface area contributed by atoms with E-state index in [4.69, 9.17) is 10.1 Å². The van der Waals surface area contributed by atoms with Crippen molar-refractivity contribution in [1.82, 2.24) is 29.2 Å². The zero-order valence-corrected chi connectivity index (χ0v) is 23.9. The van der Waals surface area contributed by atoms with E-state index in [1.54, 1.807) is 18.2 Å². The third kappa shape index (κ3) is 5.51. The topological polar surface area (TPSA) is 78.1 Å². The lowest BCUT2D eigenvalue weighted by Crippen LogP contribution is -2.37. The molecule has 1 amide bonds. The summed E-state index contributed by atoms with van der Waals surface area (Å²) in [5.41, 5.74) is 5.70. The van der Waals surface area contributed by atoms with Crippen LogP contribution in [0.25, 0.3) is 49.8 Å². The fraction of sp³-hybridized carbons (Fsp3) is 0.161. The van der Waals surface area contributed by atoms with E-state index < -0.39 is 5.83 Å². The third-order valence-corrected chi connectivity index (χ3v) is 7.78. The first-order valence-electron chi connectivity index (χ1n) is 13.0. The first-order valence-corrected chi connectivity index (χ1v) is 13.8. The van der Waals surface area contributed by atoms with Crippen molar-refractivity contribution < 1.29 is 18.3 Å². The molecule has 0 saturated heterocycles. The van der Waals surface area contributed by atoms with Crippen molar-refractivity contribution in [3.05, 3.63) is 97.0 Å². The monoisotopic (exact) mass is 586 g/mol. The minimum atomic E-state index is -0.741. The average Bonchev–Trinajstić information content (AvgIpc) is 3.75. The van der Waals surface area contributed by atoms with Gasteiger partial charge in [0.05, 0.1) is 65.6 Å². The Balaban J connectivity index is 0.000000830. The minimum absolute atomic E-state index is 0.147. The van der Waals surface area contributed by atoms with Gasteiger partial charge in [-0.05, 0) is 41.8 Å². The van der Waals surface area contributed by atoms with Gasteiger partial charge in [-0.3, -0.25) is 14.5 Å². The lowest BCUT2D eigenvalue weighted by atomic mass is 10.0. The van der Waals surface area contributed by atoms with Crippen LogP contribution in [0.2, 0.25) is 0 Å². The van der Waals surface area contributed by atoms with Gasteiger partial charge in [0.25, 0.3) is 0 Å². The number of thiophene rings is 1. The second-order valence-electron chi connectivity index (χ2n) is 9.37. The van der Waals surface area contributed by atoms with Gasteiger partial charge in [0.15, 0.2) is 0 Å². The van der Waals surface area contributed by atoms with E-state index in [9.17, 15) is 13.6 Å². The number of carbonyl (C=O) groups is 1. The molecule has 214 valence electrons. The van der Waals surface area contributed by atoms with Crippen molar-refractivity contribution in [1.29, 1.82) is 0 Å². The molecule has 0 radical (unpaired) electrons. The van der Waals surface area contributed by atoms with Gasteiger partial charge < -0.3 is 14.2 Å². The van der Waals surface area contributed by atoms with Gasteiger partial charge in [0.1, 0.15) is 11.5 Å². The number of allylic oxidation sites excluding steroid dienone is 2. The highest BCUT2D eigenvalue weighted by Crippen LogP contribution is 2.39. The van der Waals surface area contributed by atoms with Gasteiger partial charge in [0.2, 0.25) is 5.91 Å². The fourth-order valence-corrected chi connectivity index (χ4v) is 5.72. The lowest BCUT2D eigenvalue weighted by molar-refractivity contribution is -0.127. The first kappa shape index (κ1) is 28.6. The molecule has 6 heterocycles. The molecule has 1 aliphatic heterocycles. The van der Waals surface area contributed by atoms with Crippen molar-refractivity contribution in [3.8, 4) is 22.6 Å². The van der Waals surface area contributed by atoms with Crippen LogP contribution in [-0.4, -0.2) is 48.8 Å². The van der Waals surface area contributed by atoms with E-state index in [1.165, 1.54) is 29.8 Å². The van der Waals surface area contributed by atoms with Crippen molar-refractivity contribution in [2.24, 2.45) is 7.05 Å². The zero-order valence-electron chi connectivity index (χ0n) is 23.1. The highest BCUT2D eigenvalue weighted by Gasteiger charge is 2.24. The van der Waals surface area contributed by atoms with Crippen molar-refractivity contribution in [2.45, 2.75) is 13.1 Å². The number of methoxy groups -OCH3 is 1. The number of hydrogen-bond acceptors (Lipinski definition) is 6. The summed E-state index contributed by atoms with van der Waals surface area (Å²) >= 11 is 1.49. The zero-order chi connectivity index (χ0) is 29.8. The van der Waals surface area contributed by atoms with Crippen LogP contribution in [-0.2, 0) is 29.7 Å².